The maximum absolute atomic E-state index is 13.1. The molecular formula is C19H31N3O5S. The number of rotatable bonds is 6. The zero-order chi connectivity index (χ0) is 20.5. The standard InChI is InChI=1S/C19H31N3O5S/c1-3-4-10-21(15-8-11-28(26,27)13-15)16(23)12-22-17(24)19(20-18(22)25)9-6-5-7-14(19)2/h14-15H,3-13H2,1-2H3,(H,20,25)/t14-,15-,19-/m0/s1. The van der Waals surface area contributed by atoms with Crippen LogP contribution < -0.4 is 5.32 Å². The van der Waals surface area contributed by atoms with Crippen LogP contribution in [0.2, 0.25) is 0 Å². The Morgan fingerprint density at radius 1 is 1.29 bits per heavy atom. The normalized spacial score (nSPS) is 32.0. The van der Waals surface area contributed by atoms with Crippen LogP contribution in [0.4, 0.5) is 4.79 Å². The summed E-state index contributed by atoms with van der Waals surface area (Å²) in [4.78, 5) is 41.2. The van der Waals surface area contributed by atoms with Crippen molar-refractivity contribution in [3.8, 4) is 0 Å². The lowest BCUT2D eigenvalue weighted by Crippen LogP contribution is -2.54. The van der Waals surface area contributed by atoms with Gasteiger partial charge in [-0.15, -0.1) is 0 Å². The van der Waals surface area contributed by atoms with Gasteiger partial charge in [-0.3, -0.25) is 14.5 Å². The van der Waals surface area contributed by atoms with Gasteiger partial charge in [-0.1, -0.05) is 33.1 Å². The third-order valence-corrected chi connectivity index (χ3v) is 8.27. The number of urea groups is 1. The number of amides is 4. The highest BCUT2D eigenvalue weighted by Gasteiger charge is 2.55. The lowest BCUT2D eigenvalue weighted by atomic mass is 9.73. The molecule has 2 saturated heterocycles. The van der Waals surface area contributed by atoms with Crippen LogP contribution in [-0.2, 0) is 19.4 Å². The topological polar surface area (TPSA) is 104 Å². The van der Waals surface area contributed by atoms with Gasteiger partial charge in [-0.05, 0) is 31.6 Å². The predicted molar refractivity (Wildman–Crippen MR) is 104 cm³/mol. The first-order chi connectivity index (χ1) is 13.2. The average molecular weight is 414 g/mol. The maximum atomic E-state index is 13.1. The molecule has 28 heavy (non-hydrogen) atoms. The van der Waals surface area contributed by atoms with E-state index in [2.05, 4.69) is 5.32 Å². The Hall–Kier alpha value is -1.64. The Bertz CT molecular complexity index is 753. The number of imide groups is 1. The van der Waals surface area contributed by atoms with Crippen molar-refractivity contribution >= 4 is 27.7 Å². The Labute approximate surface area is 166 Å². The summed E-state index contributed by atoms with van der Waals surface area (Å²) in [5.74, 6) is -0.581. The summed E-state index contributed by atoms with van der Waals surface area (Å²) in [6.45, 7) is 4.10. The highest BCUT2D eigenvalue weighted by atomic mass is 32.2. The molecule has 3 rings (SSSR count). The average Bonchev–Trinajstić information content (AvgIpc) is 3.10. The van der Waals surface area contributed by atoms with Crippen LogP contribution in [0.1, 0.15) is 58.8 Å². The number of hydrogen-bond acceptors (Lipinski definition) is 5. The molecule has 9 heteroatoms. The Kier molecular flexibility index (Phi) is 6.03. The summed E-state index contributed by atoms with van der Waals surface area (Å²) in [6.07, 6.45) is 5.42. The highest BCUT2D eigenvalue weighted by Crippen LogP contribution is 2.38. The second-order valence-corrected chi connectivity index (χ2v) is 10.7. The Morgan fingerprint density at radius 2 is 2.04 bits per heavy atom. The minimum Gasteiger partial charge on any atom is -0.337 e. The molecule has 0 aromatic heterocycles. The number of unbranched alkanes of at least 4 members (excludes halogenated alkanes) is 1. The van der Waals surface area contributed by atoms with Crippen molar-refractivity contribution in [2.45, 2.75) is 70.4 Å². The molecule has 158 valence electrons. The van der Waals surface area contributed by atoms with Crippen LogP contribution in [0, 0.1) is 5.92 Å². The van der Waals surface area contributed by atoms with E-state index in [1.165, 1.54) is 0 Å². The quantitative estimate of drug-likeness (QED) is 0.661. The van der Waals surface area contributed by atoms with E-state index in [4.69, 9.17) is 0 Å². The summed E-state index contributed by atoms with van der Waals surface area (Å²) in [7, 11) is -3.13. The van der Waals surface area contributed by atoms with Crippen LogP contribution in [0.3, 0.4) is 0 Å². The van der Waals surface area contributed by atoms with Crippen LogP contribution >= 0.6 is 0 Å². The minimum atomic E-state index is -3.13. The first-order valence-electron chi connectivity index (χ1n) is 10.3. The van der Waals surface area contributed by atoms with Crippen molar-refractivity contribution in [1.82, 2.24) is 15.1 Å². The van der Waals surface area contributed by atoms with E-state index in [1.54, 1.807) is 4.90 Å². The van der Waals surface area contributed by atoms with Crippen LogP contribution in [0.15, 0.2) is 0 Å². The van der Waals surface area contributed by atoms with Gasteiger partial charge in [0.2, 0.25) is 5.91 Å². The Morgan fingerprint density at radius 3 is 2.64 bits per heavy atom. The van der Waals surface area contributed by atoms with Gasteiger partial charge < -0.3 is 10.2 Å². The molecule has 0 unspecified atom stereocenters. The minimum absolute atomic E-state index is 0.0361. The number of hydrogen-bond donors (Lipinski definition) is 1. The summed E-state index contributed by atoms with van der Waals surface area (Å²) in [5.41, 5.74) is -0.888. The monoisotopic (exact) mass is 413 g/mol. The summed E-state index contributed by atoms with van der Waals surface area (Å²) in [6, 6.07) is -0.881. The zero-order valence-electron chi connectivity index (χ0n) is 16.8. The van der Waals surface area contributed by atoms with Gasteiger partial charge in [0.15, 0.2) is 9.84 Å². The molecule has 3 fully saturated rings. The lowest BCUT2D eigenvalue weighted by molar-refractivity contribution is -0.141. The largest absolute Gasteiger partial charge is 0.337 e. The third kappa shape index (κ3) is 3.90. The van der Waals surface area contributed by atoms with E-state index in [0.717, 1.165) is 37.0 Å². The number of nitrogens with zero attached hydrogens (tertiary/aromatic N) is 2. The van der Waals surface area contributed by atoms with Gasteiger partial charge in [0.1, 0.15) is 12.1 Å². The molecule has 1 spiro atoms. The van der Waals surface area contributed by atoms with Crippen LogP contribution in [0.5, 0.6) is 0 Å². The number of nitrogens with one attached hydrogen (secondary N) is 1. The molecule has 1 aliphatic carbocycles. The summed E-state index contributed by atoms with van der Waals surface area (Å²) in [5, 5.41) is 2.86. The highest BCUT2D eigenvalue weighted by molar-refractivity contribution is 7.91. The SMILES string of the molecule is CCCCN(C(=O)CN1C(=O)N[C@]2(CCCC[C@@H]2C)C1=O)[C@H]1CCS(=O)(=O)C1. The fraction of sp³-hybridized carbons (Fsp3) is 0.842. The van der Waals surface area contributed by atoms with Crippen molar-refractivity contribution in [3.05, 3.63) is 0 Å². The van der Waals surface area contributed by atoms with Gasteiger partial charge in [0.05, 0.1) is 11.5 Å². The molecule has 2 heterocycles. The lowest BCUT2D eigenvalue weighted by Gasteiger charge is -2.37. The molecule has 0 aromatic rings. The summed E-state index contributed by atoms with van der Waals surface area (Å²) >= 11 is 0. The van der Waals surface area contributed by atoms with Gasteiger partial charge in [0, 0.05) is 12.6 Å². The van der Waals surface area contributed by atoms with E-state index >= 15 is 0 Å². The van der Waals surface area contributed by atoms with Gasteiger partial charge in [-0.2, -0.15) is 0 Å². The van der Waals surface area contributed by atoms with Crippen LogP contribution in [-0.4, -0.2) is 72.2 Å². The fourth-order valence-corrected chi connectivity index (χ4v) is 6.46. The van der Waals surface area contributed by atoms with E-state index in [0.29, 0.717) is 19.4 Å². The summed E-state index contributed by atoms with van der Waals surface area (Å²) < 4.78 is 23.7. The Balaban J connectivity index is 1.74. The van der Waals surface area contributed by atoms with Gasteiger partial charge in [-0.25, -0.2) is 13.2 Å². The molecular weight excluding hydrogens is 382 g/mol. The van der Waals surface area contributed by atoms with E-state index < -0.39 is 21.4 Å². The van der Waals surface area contributed by atoms with E-state index in [-0.39, 0.29) is 41.8 Å². The van der Waals surface area contributed by atoms with Gasteiger partial charge in [0.25, 0.3) is 5.91 Å². The molecule has 3 aliphatic rings. The first-order valence-corrected chi connectivity index (χ1v) is 12.2. The molecule has 8 nitrogen and oxygen atoms in total. The maximum Gasteiger partial charge on any atom is 0.325 e. The molecule has 4 amide bonds. The van der Waals surface area contributed by atoms with Crippen molar-refractivity contribution in [2.24, 2.45) is 5.92 Å². The van der Waals surface area contributed by atoms with Crippen molar-refractivity contribution in [1.29, 1.82) is 0 Å². The molecule has 0 bridgehead atoms. The van der Waals surface area contributed by atoms with Crippen molar-refractivity contribution in [2.75, 3.05) is 24.6 Å². The predicted octanol–water partition coefficient (Wildman–Crippen LogP) is 1.30. The molecule has 2 aliphatic heterocycles. The first kappa shape index (κ1) is 21.1. The van der Waals surface area contributed by atoms with E-state index in [9.17, 15) is 22.8 Å². The molecule has 0 radical (unpaired) electrons. The van der Waals surface area contributed by atoms with Crippen LogP contribution in [0.25, 0.3) is 0 Å². The smallest absolute Gasteiger partial charge is 0.325 e. The van der Waals surface area contributed by atoms with Gasteiger partial charge >= 0.3 is 6.03 Å². The molecule has 0 aromatic carbocycles. The van der Waals surface area contributed by atoms with E-state index in [1.807, 2.05) is 13.8 Å². The number of sulfone groups is 1. The fourth-order valence-electron chi connectivity index (χ4n) is 4.73. The second-order valence-electron chi connectivity index (χ2n) is 8.44. The second kappa shape index (κ2) is 8.00. The molecule has 1 N–H and O–H groups in total. The number of carbonyl (C=O) groups is 3. The third-order valence-electron chi connectivity index (χ3n) is 6.52. The van der Waals surface area contributed by atoms with Crippen molar-refractivity contribution in [3.63, 3.8) is 0 Å². The number of carbonyl (C=O) groups excluding carboxylic acids is 3. The molecule has 3 atom stereocenters. The zero-order valence-corrected chi connectivity index (χ0v) is 17.6. The van der Waals surface area contributed by atoms with Crippen molar-refractivity contribution < 1.29 is 22.8 Å². The molecule has 1 saturated carbocycles.